The second kappa shape index (κ2) is 5.36. The van der Waals surface area contributed by atoms with Crippen molar-refractivity contribution in [3.63, 3.8) is 0 Å². The number of methoxy groups -OCH3 is 1. The van der Waals surface area contributed by atoms with E-state index in [2.05, 4.69) is 9.72 Å². The molecule has 1 aromatic heterocycles. The second-order valence-electron chi connectivity index (χ2n) is 3.78. The fourth-order valence-electron chi connectivity index (χ4n) is 1.59. The van der Waals surface area contributed by atoms with Gasteiger partial charge in [0.05, 0.1) is 13.3 Å². The third-order valence-corrected chi connectivity index (χ3v) is 2.44. The summed E-state index contributed by atoms with van der Waals surface area (Å²) in [6.45, 7) is 0. The Morgan fingerprint density at radius 3 is 2.30 bits per heavy atom. The van der Waals surface area contributed by atoms with Gasteiger partial charge in [0.25, 0.3) is 0 Å². The van der Waals surface area contributed by atoms with Crippen LogP contribution in [0.2, 0.25) is 0 Å². The molecule has 0 atom stereocenters. The molecule has 0 aliphatic carbocycles. The molecule has 0 aliphatic heterocycles. The summed E-state index contributed by atoms with van der Waals surface area (Å²) in [5, 5.41) is 0. The van der Waals surface area contributed by atoms with Gasteiger partial charge in [-0.3, -0.25) is 0 Å². The van der Waals surface area contributed by atoms with Crippen molar-refractivity contribution in [1.82, 2.24) is 4.98 Å². The third-order valence-electron chi connectivity index (χ3n) is 2.44. The third kappa shape index (κ3) is 3.37. The lowest BCUT2D eigenvalue weighted by Gasteiger charge is -2.10. The van der Waals surface area contributed by atoms with Crippen molar-refractivity contribution >= 4 is 0 Å². The van der Waals surface area contributed by atoms with Crippen LogP contribution < -0.4 is 9.47 Å². The molecular weight excluding hydrogens is 278 g/mol. The van der Waals surface area contributed by atoms with Gasteiger partial charge in [-0.1, -0.05) is 12.1 Å². The molecule has 2 aromatic rings. The summed E-state index contributed by atoms with van der Waals surface area (Å²) in [5.41, 5.74) is 0.563. The number of pyridine rings is 1. The number of nitrogens with zero attached hydrogens (tertiary/aromatic N) is 1. The predicted molar refractivity (Wildman–Crippen MR) is 62.9 cm³/mol. The molecule has 0 fully saturated rings. The van der Waals surface area contributed by atoms with Crippen molar-refractivity contribution in [3.8, 4) is 22.8 Å². The molecule has 1 aromatic carbocycles. The maximum Gasteiger partial charge on any atom is 0.573 e. The molecule has 0 spiro atoms. The number of halogens is 4. The Hall–Kier alpha value is -2.31. The quantitative estimate of drug-likeness (QED) is 0.805. The molecular formula is C13H9F4NO2. The van der Waals surface area contributed by atoms with Crippen LogP contribution in [0.25, 0.3) is 11.1 Å². The largest absolute Gasteiger partial charge is 0.573 e. The molecule has 0 amide bonds. The zero-order chi connectivity index (χ0) is 14.8. The van der Waals surface area contributed by atoms with E-state index in [9.17, 15) is 17.6 Å². The van der Waals surface area contributed by atoms with Crippen LogP contribution in [0.3, 0.4) is 0 Å². The summed E-state index contributed by atoms with van der Waals surface area (Å²) in [6.07, 6.45) is -3.78. The van der Waals surface area contributed by atoms with E-state index >= 15 is 0 Å². The zero-order valence-corrected chi connectivity index (χ0v) is 10.2. The number of rotatable bonds is 3. The van der Waals surface area contributed by atoms with Crippen molar-refractivity contribution in [2.24, 2.45) is 0 Å². The minimum absolute atomic E-state index is 0.176. The zero-order valence-electron chi connectivity index (χ0n) is 10.2. The molecule has 1 heterocycles. The SMILES string of the molecule is COc1cc(-c2ccc(OC(F)(F)F)cc2)c(F)cn1. The molecule has 0 saturated heterocycles. The topological polar surface area (TPSA) is 31.4 Å². The highest BCUT2D eigenvalue weighted by Gasteiger charge is 2.30. The number of hydrogen-bond donors (Lipinski definition) is 0. The van der Waals surface area contributed by atoms with Crippen LogP contribution in [0.1, 0.15) is 0 Å². The molecule has 0 N–H and O–H groups in total. The van der Waals surface area contributed by atoms with Crippen LogP contribution >= 0.6 is 0 Å². The van der Waals surface area contributed by atoms with Crippen molar-refractivity contribution < 1.29 is 27.0 Å². The molecule has 0 unspecified atom stereocenters. The maximum absolute atomic E-state index is 13.6. The van der Waals surface area contributed by atoms with Crippen molar-refractivity contribution in [2.45, 2.75) is 6.36 Å². The number of hydrogen-bond acceptors (Lipinski definition) is 3. The molecule has 2 rings (SSSR count). The van der Waals surface area contributed by atoms with E-state index in [1.54, 1.807) is 0 Å². The Bertz CT molecular complexity index is 596. The number of aromatic nitrogens is 1. The van der Waals surface area contributed by atoms with Crippen LogP contribution in [-0.4, -0.2) is 18.5 Å². The molecule has 7 heteroatoms. The lowest BCUT2D eigenvalue weighted by atomic mass is 10.1. The standard InChI is InChI=1S/C13H9F4NO2/c1-19-12-6-10(11(14)7-18-12)8-2-4-9(5-3-8)20-13(15,16)17/h2-7H,1H3. The van der Waals surface area contributed by atoms with E-state index in [4.69, 9.17) is 4.74 Å². The van der Waals surface area contributed by atoms with Gasteiger partial charge in [0, 0.05) is 11.6 Å². The van der Waals surface area contributed by atoms with Crippen molar-refractivity contribution in [2.75, 3.05) is 7.11 Å². The van der Waals surface area contributed by atoms with Gasteiger partial charge in [-0.25, -0.2) is 9.37 Å². The summed E-state index contributed by atoms with van der Waals surface area (Å²) in [4.78, 5) is 3.68. The van der Waals surface area contributed by atoms with Crippen LogP contribution in [0.5, 0.6) is 11.6 Å². The second-order valence-corrected chi connectivity index (χ2v) is 3.78. The lowest BCUT2D eigenvalue weighted by Crippen LogP contribution is -2.16. The molecule has 20 heavy (non-hydrogen) atoms. The van der Waals surface area contributed by atoms with E-state index in [-0.39, 0.29) is 17.2 Å². The Morgan fingerprint density at radius 2 is 1.75 bits per heavy atom. The molecule has 0 bridgehead atoms. The highest BCUT2D eigenvalue weighted by molar-refractivity contribution is 5.65. The van der Waals surface area contributed by atoms with Gasteiger partial charge in [-0.05, 0) is 17.7 Å². The lowest BCUT2D eigenvalue weighted by molar-refractivity contribution is -0.274. The van der Waals surface area contributed by atoms with E-state index in [1.807, 2.05) is 0 Å². The molecule has 0 saturated carbocycles. The van der Waals surface area contributed by atoms with E-state index in [0.29, 0.717) is 5.56 Å². The molecule has 0 radical (unpaired) electrons. The van der Waals surface area contributed by atoms with Gasteiger partial charge in [0.1, 0.15) is 11.6 Å². The Balaban J connectivity index is 2.30. The fraction of sp³-hybridized carbons (Fsp3) is 0.154. The van der Waals surface area contributed by atoms with Gasteiger partial charge in [-0.2, -0.15) is 0 Å². The normalized spacial score (nSPS) is 11.2. The number of ether oxygens (including phenoxy) is 2. The molecule has 3 nitrogen and oxygen atoms in total. The average Bonchev–Trinajstić information content (AvgIpc) is 2.39. The first-order valence-electron chi connectivity index (χ1n) is 5.45. The summed E-state index contributed by atoms with van der Waals surface area (Å²) in [7, 11) is 1.38. The van der Waals surface area contributed by atoms with Gasteiger partial charge >= 0.3 is 6.36 Å². The smallest absolute Gasteiger partial charge is 0.481 e. The van der Waals surface area contributed by atoms with Crippen LogP contribution in [0.4, 0.5) is 17.6 Å². The monoisotopic (exact) mass is 287 g/mol. The number of alkyl halides is 3. The minimum atomic E-state index is -4.76. The summed E-state index contributed by atoms with van der Waals surface area (Å²) >= 11 is 0. The van der Waals surface area contributed by atoms with Gasteiger partial charge in [-0.15, -0.1) is 13.2 Å². The minimum Gasteiger partial charge on any atom is -0.481 e. The van der Waals surface area contributed by atoms with Gasteiger partial charge < -0.3 is 9.47 Å². The van der Waals surface area contributed by atoms with E-state index in [0.717, 1.165) is 18.3 Å². The summed E-state index contributed by atoms with van der Waals surface area (Å²) in [5.74, 6) is -0.769. The Labute approximate surface area is 111 Å². The maximum atomic E-state index is 13.6. The van der Waals surface area contributed by atoms with Crippen molar-refractivity contribution in [1.29, 1.82) is 0 Å². The summed E-state index contributed by atoms with van der Waals surface area (Å²) < 4.78 is 58.3. The number of benzene rings is 1. The van der Waals surface area contributed by atoms with Crippen LogP contribution in [0.15, 0.2) is 36.5 Å². The molecule has 106 valence electrons. The van der Waals surface area contributed by atoms with Crippen LogP contribution in [-0.2, 0) is 0 Å². The summed E-state index contributed by atoms with van der Waals surface area (Å²) in [6, 6.07) is 6.21. The van der Waals surface area contributed by atoms with Gasteiger partial charge in [0.2, 0.25) is 5.88 Å². The first kappa shape index (κ1) is 14.1. The Morgan fingerprint density at radius 1 is 1.10 bits per heavy atom. The van der Waals surface area contributed by atoms with E-state index in [1.165, 1.54) is 25.3 Å². The first-order chi connectivity index (χ1) is 9.39. The first-order valence-corrected chi connectivity index (χ1v) is 5.45. The van der Waals surface area contributed by atoms with Gasteiger partial charge in [0.15, 0.2) is 0 Å². The van der Waals surface area contributed by atoms with Crippen molar-refractivity contribution in [3.05, 3.63) is 42.3 Å². The van der Waals surface area contributed by atoms with E-state index < -0.39 is 12.2 Å². The highest BCUT2D eigenvalue weighted by Crippen LogP contribution is 2.29. The fourth-order valence-corrected chi connectivity index (χ4v) is 1.59. The molecule has 0 aliphatic rings. The van der Waals surface area contributed by atoms with Crippen LogP contribution in [0, 0.1) is 5.82 Å². The highest BCUT2D eigenvalue weighted by atomic mass is 19.4. The predicted octanol–water partition coefficient (Wildman–Crippen LogP) is 3.79. The Kier molecular flexibility index (Phi) is 3.78. The average molecular weight is 287 g/mol.